The molecule has 1 amide bonds. The van der Waals surface area contributed by atoms with E-state index in [0.717, 1.165) is 98.8 Å². The minimum atomic E-state index is 0.0527. The van der Waals surface area contributed by atoms with Crippen molar-refractivity contribution in [2.45, 2.75) is 79.2 Å². The van der Waals surface area contributed by atoms with E-state index in [-0.39, 0.29) is 11.9 Å². The highest BCUT2D eigenvalue weighted by atomic mass is 35.5. The van der Waals surface area contributed by atoms with Crippen molar-refractivity contribution in [3.8, 4) is 16.9 Å². The number of aryl methyl sites for hydroxylation is 4. The summed E-state index contributed by atoms with van der Waals surface area (Å²) in [5.41, 5.74) is 10.3. The number of rotatable bonds is 8. The Bertz CT molecular complexity index is 1480. The molecule has 0 spiro atoms. The van der Waals surface area contributed by atoms with Crippen LogP contribution in [0.15, 0.2) is 29.8 Å². The first-order valence-electron chi connectivity index (χ1n) is 14.3. The fourth-order valence-corrected chi connectivity index (χ4v) is 6.86. The highest BCUT2D eigenvalue weighted by Gasteiger charge is 2.32. The van der Waals surface area contributed by atoms with Gasteiger partial charge in [-0.3, -0.25) is 9.48 Å². The zero-order chi connectivity index (χ0) is 28.7. The zero-order valence-electron chi connectivity index (χ0n) is 24.4. The third kappa shape index (κ3) is 5.56. The van der Waals surface area contributed by atoms with Gasteiger partial charge in [-0.1, -0.05) is 36.2 Å². The van der Waals surface area contributed by atoms with Crippen molar-refractivity contribution in [1.29, 1.82) is 0 Å². The summed E-state index contributed by atoms with van der Waals surface area (Å²) in [6.07, 6.45) is 5.35. The van der Waals surface area contributed by atoms with Crippen LogP contribution in [0.25, 0.3) is 16.7 Å². The van der Waals surface area contributed by atoms with Gasteiger partial charge in [0.1, 0.15) is 5.75 Å². The van der Waals surface area contributed by atoms with Gasteiger partial charge in [0.15, 0.2) is 0 Å². The second kappa shape index (κ2) is 11.6. The molecule has 1 fully saturated rings. The van der Waals surface area contributed by atoms with E-state index in [1.54, 1.807) is 0 Å². The molecule has 1 N–H and O–H groups in total. The lowest BCUT2D eigenvalue weighted by atomic mass is 9.93. The molecule has 212 valence electrons. The standard InChI is InChI=1S/C33H39Cl2N3O2/c1-18-9-10-23(14-18)36-33(39)28-17-27-26(11-12-29(34)31(27)30-21(4)37-38(6)22(30)5)25(28)8-7-13-40-24-15-19(2)32(35)20(3)16-24/h11-12,15-16,18,23H,7-10,13-14,17H2,1-6H3,(H,36,39)/t18-,23+/m1/s1. The van der Waals surface area contributed by atoms with Crippen LogP contribution in [0.2, 0.25) is 10.0 Å². The van der Waals surface area contributed by atoms with Gasteiger partial charge >= 0.3 is 0 Å². The first kappa shape index (κ1) is 28.8. The van der Waals surface area contributed by atoms with Crippen molar-refractivity contribution < 1.29 is 9.53 Å². The lowest BCUT2D eigenvalue weighted by molar-refractivity contribution is -0.118. The normalized spacial score (nSPS) is 18.4. The number of hydrogen-bond donors (Lipinski definition) is 1. The maximum atomic E-state index is 13.8. The van der Waals surface area contributed by atoms with E-state index in [1.807, 2.05) is 50.7 Å². The maximum absolute atomic E-state index is 13.8. The largest absolute Gasteiger partial charge is 0.494 e. The van der Waals surface area contributed by atoms with Crippen LogP contribution >= 0.6 is 23.2 Å². The van der Waals surface area contributed by atoms with E-state index in [2.05, 4.69) is 30.3 Å². The number of nitrogens with one attached hydrogen (secondary N) is 1. The topological polar surface area (TPSA) is 56.1 Å². The van der Waals surface area contributed by atoms with E-state index < -0.39 is 0 Å². The Hall–Kier alpha value is -2.76. The molecule has 3 aromatic rings. The summed E-state index contributed by atoms with van der Waals surface area (Å²) in [6.45, 7) is 10.9. The van der Waals surface area contributed by atoms with Gasteiger partial charge in [0.05, 0.1) is 12.3 Å². The Morgan fingerprint density at radius 2 is 1.82 bits per heavy atom. The number of nitrogens with zero attached hydrogens (tertiary/aromatic N) is 2. The first-order valence-corrected chi connectivity index (χ1v) is 15.1. The SMILES string of the molecule is Cc1cc(OCCCC2=C(C(=O)N[C@H]3CC[C@@H](C)C3)Cc3c2ccc(Cl)c3-c2c(C)nn(C)c2C)cc(C)c1Cl. The Kier molecular flexibility index (Phi) is 8.35. The molecule has 2 atom stereocenters. The van der Waals surface area contributed by atoms with E-state index in [4.69, 9.17) is 27.9 Å². The number of hydrogen-bond acceptors (Lipinski definition) is 3. The number of halogens is 2. The predicted octanol–water partition coefficient (Wildman–Crippen LogP) is 8.10. The lowest BCUT2D eigenvalue weighted by Gasteiger charge is -2.15. The van der Waals surface area contributed by atoms with E-state index in [1.165, 1.54) is 0 Å². The Morgan fingerprint density at radius 1 is 1.10 bits per heavy atom. The number of fused-ring (bicyclic) bond motifs is 1. The summed E-state index contributed by atoms with van der Waals surface area (Å²) in [7, 11) is 1.96. The lowest BCUT2D eigenvalue weighted by Crippen LogP contribution is -2.34. The molecule has 1 heterocycles. The summed E-state index contributed by atoms with van der Waals surface area (Å²) in [5.74, 6) is 1.53. The van der Waals surface area contributed by atoms with Crippen LogP contribution < -0.4 is 10.1 Å². The number of carbonyl (C=O) groups is 1. The van der Waals surface area contributed by atoms with Gasteiger partial charge in [-0.2, -0.15) is 5.10 Å². The van der Waals surface area contributed by atoms with Crippen molar-refractivity contribution in [1.82, 2.24) is 15.1 Å². The average Bonchev–Trinajstić information content (AvgIpc) is 3.55. The minimum absolute atomic E-state index is 0.0527. The molecule has 0 unspecified atom stereocenters. The predicted molar refractivity (Wildman–Crippen MR) is 164 cm³/mol. The highest BCUT2D eigenvalue weighted by molar-refractivity contribution is 6.34. The number of carbonyl (C=O) groups excluding carboxylic acids is 1. The van der Waals surface area contributed by atoms with Gasteiger partial charge in [0, 0.05) is 51.9 Å². The van der Waals surface area contributed by atoms with Crippen LogP contribution in [0.3, 0.4) is 0 Å². The van der Waals surface area contributed by atoms with E-state index in [9.17, 15) is 4.79 Å². The molecule has 2 aromatic carbocycles. The molecule has 5 rings (SSSR count). The van der Waals surface area contributed by atoms with Crippen LogP contribution in [0.4, 0.5) is 0 Å². The zero-order valence-corrected chi connectivity index (χ0v) is 25.9. The summed E-state index contributed by atoms with van der Waals surface area (Å²) < 4.78 is 8.02. The molecule has 2 aliphatic carbocycles. The quantitative estimate of drug-likeness (QED) is 0.274. The van der Waals surface area contributed by atoms with Gasteiger partial charge in [0.25, 0.3) is 0 Å². The molecule has 1 saturated carbocycles. The fraction of sp³-hybridized carbons (Fsp3) is 0.455. The maximum Gasteiger partial charge on any atom is 0.248 e. The second-order valence-electron chi connectivity index (χ2n) is 11.7. The van der Waals surface area contributed by atoms with Crippen LogP contribution in [0, 0.1) is 33.6 Å². The van der Waals surface area contributed by atoms with Crippen LogP contribution in [0.5, 0.6) is 5.75 Å². The summed E-state index contributed by atoms with van der Waals surface area (Å²) in [6, 6.07) is 8.26. The van der Waals surface area contributed by atoms with Gasteiger partial charge in [0.2, 0.25) is 5.91 Å². The van der Waals surface area contributed by atoms with Gasteiger partial charge in [-0.15, -0.1) is 0 Å². The highest BCUT2D eigenvalue weighted by Crippen LogP contribution is 2.45. The number of benzene rings is 2. The minimum Gasteiger partial charge on any atom is -0.494 e. The van der Waals surface area contributed by atoms with Crippen molar-refractivity contribution in [2.75, 3.05) is 6.61 Å². The monoisotopic (exact) mass is 579 g/mol. The smallest absolute Gasteiger partial charge is 0.248 e. The van der Waals surface area contributed by atoms with Crippen LogP contribution in [-0.2, 0) is 18.3 Å². The molecular formula is C33H39Cl2N3O2. The molecule has 0 aliphatic heterocycles. The molecular weight excluding hydrogens is 541 g/mol. The summed E-state index contributed by atoms with van der Waals surface area (Å²) >= 11 is 13.2. The van der Waals surface area contributed by atoms with Crippen LogP contribution in [-0.4, -0.2) is 28.3 Å². The fourth-order valence-electron chi connectivity index (χ4n) is 6.48. The van der Waals surface area contributed by atoms with Crippen LogP contribution in [0.1, 0.15) is 72.7 Å². The second-order valence-corrected chi connectivity index (χ2v) is 12.4. The van der Waals surface area contributed by atoms with Crippen molar-refractivity contribution in [3.63, 3.8) is 0 Å². The number of amides is 1. The molecule has 2 aliphatic rings. The van der Waals surface area contributed by atoms with Crippen molar-refractivity contribution >= 4 is 34.7 Å². The Morgan fingerprint density at radius 3 is 2.45 bits per heavy atom. The third-order valence-corrected chi connectivity index (χ3v) is 9.53. The molecule has 7 heteroatoms. The van der Waals surface area contributed by atoms with E-state index in [0.29, 0.717) is 24.0 Å². The van der Waals surface area contributed by atoms with Gasteiger partial charge < -0.3 is 10.1 Å². The number of ether oxygens (including phenoxy) is 1. The molecule has 40 heavy (non-hydrogen) atoms. The van der Waals surface area contributed by atoms with Crippen molar-refractivity contribution in [3.05, 3.63) is 73.5 Å². The molecule has 0 bridgehead atoms. The third-order valence-electron chi connectivity index (χ3n) is 8.62. The average molecular weight is 581 g/mol. The van der Waals surface area contributed by atoms with Crippen molar-refractivity contribution in [2.24, 2.45) is 13.0 Å². The van der Waals surface area contributed by atoms with Gasteiger partial charge in [-0.25, -0.2) is 0 Å². The summed E-state index contributed by atoms with van der Waals surface area (Å²) in [4.78, 5) is 13.8. The molecule has 5 nitrogen and oxygen atoms in total. The summed E-state index contributed by atoms with van der Waals surface area (Å²) in [5, 5.41) is 9.48. The number of aromatic nitrogens is 2. The molecule has 0 radical (unpaired) electrons. The molecule has 0 saturated heterocycles. The number of allylic oxidation sites excluding steroid dienone is 1. The molecule has 1 aromatic heterocycles. The van der Waals surface area contributed by atoms with Gasteiger partial charge in [-0.05, 0) is 112 Å². The first-order chi connectivity index (χ1) is 19.0. The van der Waals surface area contributed by atoms with E-state index >= 15 is 0 Å². The Labute approximate surface area is 247 Å². The Balaban J connectivity index is 1.44.